The van der Waals surface area contributed by atoms with Crippen LogP contribution in [-0.2, 0) is 9.13 Å². The second-order valence-corrected chi connectivity index (χ2v) is 9.38. The molecule has 1 heterocycles. The number of likely N-dealkylation sites (N-methyl/N-ethyl adjacent to an activating group) is 1. The van der Waals surface area contributed by atoms with Crippen molar-refractivity contribution in [1.29, 1.82) is 0 Å². The largest absolute Gasteiger partial charge is 0.466 e. The Morgan fingerprint density at radius 3 is 2.15 bits per heavy atom. The second-order valence-electron chi connectivity index (χ2n) is 6.89. The first-order valence-electron chi connectivity index (χ1n) is 9.84. The van der Waals surface area contributed by atoms with Crippen molar-refractivity contribution in [3.05, 3.63) is 35.5 Å². The molecule has 2 aromatic rings. The van der Waals surface area contributed by atoms with E-state index in [1.807, 2.05) is 30.5 Å². The van der Waals surface area contributed by atoms with Gasteiger partial charge in [0.05, 0.1) is 12.1 Å². The van der Waals surface area contributed by atoms with Crippen LogP contribution >= 0.6 is 27.2 Å². The third kappa shape index (κ3) is 18.9. The van der Waals surface area contributed by atoms with Gasteiger partial charge in [0.2, 0.25) is 0 Å². The van der Waals surface area contributed by atoms with Gasteiger partial charge in [0.25, 0.3) is 0 Å². The van der Waals surface area contributed by atoms with Crippen molar-refractivity contribution in [2.45, 2.75) is 32.7 Å². The number of halogens is 1. The maximum absolute atomic E-state index is 9.02. The molecular formula is C18H32ClN3O9P2. The number of aliphatic hydroxyl groups is 1. The zero-order valence-corrected chi connectivity index (χ0v) is 20.9. The fraction of sp³-hybridized carbons (Fsp3) is 0.500. The average Bonchev–Trinajstić information content (AvgIpc) is 2.64. The normalized spacial score (nSPS) is 12.5. The van der Waals surface area contributed by atoms with Crippen molar-refractivity contribution in [1.82, 2.24) is 9.88 Å². The number of hydrogen-bond donors (Lipinski definition) is 8. The summed E-state index contributed by atoms with van der Waals surface area (Å²) in [5.41, 5.74) is 2.01. The highest BCUT2D eigenvalue weighted by molar-refractivity contribution is 7.45. The minimum absolute atomic E-state index is 0.229. The summed E-state index contributed by atoms with van der Waals surface area (Å²) in [6.45, 7) is 7.32. The van der Waals surface area contributed by atoms with Crippen molar-refractivity contribution < 1.29 is 43.6 Å². The molecule has 0 spiro atoms. The number of nitrogens with one attached hydrogen (secondary N) is 1. The maximum atomic E-state index is 9.02. The van der Waals surface area contributed by atoms with E-state index in [-0.39, 0.29) is 6.61 Å². The van der Waals surface area contributed by atoms with Crippen LogP contribution in [0.4, 0.5) is 5.69 Å². The highest BCUT2D eigenvalue weighted by Gasteiger charge is 2.08. The molecule has 0 amide bonds. The lowest BCUT2D eigenvalue weighted by Crippen LogP contribution is -2.28. The summed E-state index contributed by atoms with van der Waals surface area (Å²) in [5, 5.41) is 14.4. The monoisotopic (exact) mass is 531 g/mol. The number of anilines is 1. The van der Waals surface area contributed by atoms with E-state index in [0.717, 1.165) is 49.1 Å². The van der Waals surface area contributed by atoms with Crippen molar-refractivity contribution >= 4 is 43.8 Å². The van der Waals surface area contributed by atoms with Gasteiger partial charge in [-0.2, -0.15) is 0 Å². The van der Waals surface area contributed by atoms with Crippen LogP contribution in [0.25, 0.3) is 10.9 Å². The lowest BCUT2D eigenvalue weighted by molar-refractivity contribution is 0.199. The summed E-state index contributed by atoms with van der Waals surface area (Å²) >= 11 is 6.03. The second kappa shape index (κ2) is 15.7. The Hall–Kier alpha value is -1.14. The molecule has 0 saturated carbocycles. The van der Waals surface area contributed by atoms with Gasteiger partial charge in [-0.3, -0.25) is 4.98 Å². The molecule has 190 valence electrons. The van der Waals surface area contributed by atoms with Gasteiger partial charge in [0.15, 0.2) is 0 Å². The number of aliphatic hydroxyl groups excluding tert-OH is 1. The molecule has 1 aromatic carbocycles. The zero-order chi connectivity index (χ0) is 25.7. The molecule has 0 bridgehead atoms. The molecule has 1 atom stereocenters. The first-order valence-corrected chi connectivity index (χ1v) is 13.4. The van der Waals surface area contributed by atoms with Crippen LogP contribution in [0.5, 0.6) is 0 Å². The van der Waals surface area contributed by atoms with Crippen LogP contribution in [0.15, 0.2) is 30.5 Å². The summed E-state index contributed by atoms with van der Waals surface area (Å²) in [6, 6.07) is 8.19. The molecule has 33 heavy (non-hydrogen) atoms. The minimum atomic E-state index is -4.64. The summed E-state index contributed by atoms with van der Waals surface area (Å²) in [6.07, 6.45) is 4.00. The molecule has 0 aliphatic carbocycles. The predicted molar refractivity (Wildman–Crippen MR) is 127 cm³/mol. The van der Waals surface area contributed by atoms with Crippen LogP contribution in [0.1, 0.15) is 26.7 Å². The van der Waals surface area contributed by atoms with Gasteiger partial charge < -0.3 is 44.7 Å². The first kappa shape index (κ1) is 31.9. The molecule has 0 radical (unpaired) electrons. The third-order valence-corrected chi connectivity index (χ3v) is 4.32. The Labute approximate surface area is 197 Å². The van der Waals surface area contributed by atoms with E-state index in [1.165, 1.54) is 0 Å². The van der Waals surface area contributed by atoms with Crippen molar-refractivity contribution in [2.24, 2.45) is 0 Å². The molecular weight excluding hydrogens is 500 g/mol. The van der Waals surface area contributed by atoms with E-state index in [9.17, 15) is 0 Å². The van der Waals surface area contributed by atoms with Crippen LogP contribution in [0.2, 0.25) is 5.02 Å². The van der Waals surface area contributed by atoms with Crippen LogP contribution in [0, 0.1) is 0 Å². The van der Waals surface area contributed by atoms with E-state index in [2.05, 4.69) is 29.0 Å². The van der Waals surface area contributed by atoms with Crippen LogP contribution < -0.4 is 5.32 Å². The van der Waals surface area contributed by atoms with E-state index in [1.54, 1.807) is 0 Å². The third-order valence-electron chi connectivity index (χ3n) is 4.08. The SMILES string of the molecule is CCN(CCO)CCC[C@H](C)Nc1ccnc2cc(Cl)ccc12.O=P(O)(O)O.O=P(O)(O)O. The fourth-order valence-electron chi connectivity index (χ4n) is 2.78. The number of phosphoric acid groups is 2. The quantitative estimate of drug-likeness (QED) is 0.219. The van der Waals surface area contributed by atoms with Crippen molar-refractivity contribution in [3.63, 3.8) is 0 Å². The maximum Gasteiger partial charge on any atom is 0.466 e. The average molecular weight is 532 g/mol. The van der Waals surface area contributed by atoms with Gasteiger partial charge in [-0.15, -0.1) is 0 Å². The number of benzene rings is 1. The van der Waals surface area contributed by atoms with Gasteiger partial charge in [-0.1, -0.05) is 18.5 Å². The van der Waals surface area contributed by atoms with Gasteiger partial charge in [0, 0.05) is 34.9 Å². The van der Waals surface area contributed by atoms with Crippen molar-refractivity contribution in [3.8, 4) is 0 Å². The standard InChI is InChI=1S/C18H26ClN3O.2H3O4P/c1-3-22(11-12-23)10-4-5-14(2)21-17-8-9-20-18-13-15(19)6-7-16(17)18;2*1-5(2,3)4/h6-9,13-14,23H,3-5,10-12H2,1-2H3,(H,20,21);2*(H3,1,2,3,4)/t14-;;/m0../s1. The minimum Gasteiger partial charge on any atom is -0.395 e. The smallest absolute Gasteiger partial charge is 0.395 e. The molecule has 0 fully saturated rings. The first-order chi connectivity index (χ1) is 15.1. The summed E-state index contributed by atoms with van der Waals surface area (Å²) in [5.74, 6) is 0. The molecule has 2 rings (SSSR count). The molecule has 1 aromatic heterocycles. The zero-order valence-electron chi connectivity index (χ0n) is 18.3. The van der Waals surface area contributed by atoms with Crippen molar-refractivity contribution in [2.75, 3.05) is 31.6 Å². The Kier molecular flexibility index (Phi) is 15.2. The van der Waals surface area contributed by atoms with E-state index in [4.69, 9.17) is 55.2 Å². The summed E-state index contributed by atoms with van der Waals surface area (Å²) in [7, 11) is -9.28. The van der Waals surface area contributed by atoms with E-state index >= 15 is 0 Å². The molecule has 15 heteroatoms. The highest BCUT2D eigenvalue weighted by atomic mass is 35.5. The van der Waals surface area contributed by atoms with Gasteiger partial charge in [0.1, 0.15) is 0 Å². The van der Waals surface area contributed by atoms with Gasteiger partial charge >= 0.3 is 15.6 Å². The van der Waals surface area contributed by atoms with E-state index < -0.39 is 15.6 Å². The van der Waals surface area contributed by atoms with E-state index in [0.29, 0.717) is 11.1 Å². The number of hydrogen-bond acceptors (Lipinski definition) is 6. The predicted octanol–water partition coefficient (Wildman–Crippen LogP) is 1.93. The van der Waals surface area contributed by atoms with Gasteiger partial charge in [-0.25, -0.2) is 9.13 Å². The highest BCUT2D eigenvalue weighted by Crippen LogP contribution is 2.26. The molecule has 0 unspecified atom stereocenters. The fourth-order valence-corrected chi connectivity index (χ4v) is 2.94. The lowest BCUT2D eigenvalue weighted by Gasteiger charge is -2.21. The number of aromatic nitrogens is 1. The molecule has 0 aliphatic rings. The number of nitrogens with zero attached hydrogens (tertiary/aromatic N) is 2. The summed E-state index contributed by atoms with van der Waals surface area (Å²) in [4.78, 5) is 49.8. The number of rotatable bonds is 9. The number of fused-ring (bicyclic) bond motifs is 1. The van der Waals surface area contributed by atoms with Crippen LogP contribution in [0.3, 0.4) is 0 Å². The van der Waals surface area contributed by atoms with Crippen LogP contribution in [-0.4, -0.2) is 76.6 Å². The summed E-state index contributed by atoms with van der Waals surface area (Å²) < 4.78 is 17.8. The Morgan fingerprint density at radius 1 is 1.06 bits per heavy atom. The number of pyridine rings is 1. The Morgan fingerprint density at radius 2 is 1.64 bits per heavy atom. The molecule has 0 aliphatic heterocycles. The molecule has 12 nitrogen and oxygen atoms in total. The molecule has 8 N–H and O–H groups in total. The Bertz CT molecular complexity index is 890. The molecule has 0 saturated heterocycles. The van der Waals surface area contributed by atoms with Gasteiger partial charge in [-0.05, 0) is 57.1 Å². The topological polar surface area (TPSA) is 204 Å². The Balaban J connectivity index is 0.000000859. The lowest BCUT2D eigenvalue weighted by atomic mass is 10.1.